The Morgan fingerprint density at radius 2 is 1.04 bits per heavy atom. The molecule has 24 heavy (non-hydrogen) atoms. The van der Waals surface area contributed by atoms with Crippen LogP contribution in [-0.4, -0.2) is 11.8 Å². The molecule has 4 heteroatoms. The van der Waals surface area contributed by atoms with E-state index >= 15 is 0 Å². The van der Waals surface area contributed by atoms with E-state index in [2.05, 4.69) is 38.3 Å². The van der Waals surface area contributed by atoms with Gasteiger partial charge in [-0.1, -0.05) is 64.1 Å². The van der Waals surface area contributed by atoms with Crippen LogP contribution in [0.1, 0.15) is 50.7 Å². The molecule has 0 saturated carbocycles. The van der Waals surface area contributed by atoms with Crippen molar-refractivity contribution < 1.29 is 9.59 Å². The standard InChI is InChI=1S/C20H24N2O2/c1-19(2)9-11-21-17(23)15(19)13-5-7-14(8-6-13)16-18(24)22-12-10-20(16,3)4/h5-12,15-16H,1-4H3,(H,21,23)(H,22,24). The zero-order valence-corrected chi connectivity index (χ0v) is 14.6. The van der Waals surface area contributed by atoms with Gasteiger partial charge in [0.1, 0.15) is 0 Å². The van der Waals surface area contributed by atoms with E-state index in [-0.39, 0.29) is 34.5 Å². The molecule has 4 nitrogen and oxygen atoms in total. The fourth-order valence-electron chi connectivity index (χ4n) is 3.75. The van der Waals surface area contributed by atoms with E-state index in [9.17, 15) is 9.59 Å². The number of carbonyl (C=O) groups excluding carboxylic acids is 2. The van der Waals surface area contributed by atoms with Gasteiger partial charge in [-0.05, 0) is 22.0 Å². The number of carbonyl (C=O) groups is 2. The van der Waals surface area contributed by atoms with Crippen LogP contribution in [0.15, 0.2) is 48.8 Å². The van der Waals surface area contributed by atoms with E-state index in [0.29, 0.717) is 0 Å². The molecule has 2 amide bonds. The average molecular weight is 324 g/mol. The van der Waals surface area contributed by atoms with Gasteiger partial charge in [-0.25, -0.2) is 0 Å². The lowest BCUT2D eigenvalue weighted by atomic mass is 9.71. The second-order valence-corrected chi connectivity index (χ2v) is 7.86. The SMILES string of the molecule is CC1(C)C=CNC(=O)C1c1ccc(C2C(=O)NC=CC2(C)C)cc1. The number of benzene rings is 1. The topological polar surface area (TPSA) is 58.2 Å². The molecule has 0 saturated heterocycles. The number of amides is 2. The van der Waals surface area contributed by atoms with E-state index in [1.54, 1.807) is 12.4 Å². The molecule has 126 valence electrons. The maximum Gasteiger partial charge on any atom is 0.232 e. The molecule has 0 spiro atoms. The molecule has 3 rings (SSSR count). The Balaban J connectivity index is 1.94. The zero-order chi connectivity index (χ0) is 17.5. The highest BCUT2D eigenvalue weighted by Gasteiger charge is 2.39. The van der Waals surface area contributed by atoms with E-state index in [1.165, 1.54) is 0 Å². The molecule has 2 aliphatic heterocycles. The van der Waals surface area contributed by atoms with Gasteiger partial charge in [0.2, 0.25) is 11.8 Å². The van der Waals surface area contributed by atoms with E-state index in [1.807, 2.05) is 36.4 Å². The largest absolute Gasteiger partial charge is 0.332 e. The highest BCUT2D eigenvalue weighted by molar-refractivity contribution is 5.88. The van der Waals surface area contributed by atoms with Crippen LogP contribution in [0.3, 0.4) is 0 Å². The Labute approximate surface area is 143 Å². The van der Waals surface area contributed by atoms with E-state index < -0.39 is 0 Å². The maximum atomic E-state index is 12.3. The van der Waals surface area contributed by atoms with Crippen LogP contribution in [-0.2, 0) is 9.59 Å². The summed E-state index contributed by atoms with van der Waals surface area (Å²) in [5.41, 5.74) is 1.45. The average Bonchev–Trinajstić information content (AvgIpc) is 2.47. The van der Waals surface area contributed by atoms with Crippen LogP contribution in [0.2, 0.25) is 0 Å². The minimum absolute atomic E-state index is 0.00826. The van der Waals surface area contributed by atoms with Gasteiger partial charge in [0, 0.05) is 12.4 Å². The molecular formula is C20H24N2O2. The minimum atomic E-state index is -0.242. The summed E-state index contributed by atoms with van der Waals surface area (Å²) < 4.78 is 0. The fraction of sp³-hybridized carbons (Fsp3) is 0.400. The predicted molar refractivity (Wildman–Crippen MR) is 94.1 cm³/mol. The fourth-order valence-corrected chi connectivity index (χ4v) is 3.75. The van der Waals surface area contributed by atoms with Crippen molar-refractivity contribution in [1.29, 1.82) is 0 Å². The second kappa shape index (κ2) is 5.62. The molecule has 1 aromatic carbocycles. The molecule has 0 aromatic heterocycles. The van der Waals surface area contributed by atoms with E-state index in [0.717, 1.165) is 11.1 Å². The number of allylic oxidation sites excluding steroid dienone is 2. The summed E-state index contributed by atoms with van der Waals surface area (Å²) >= 11 is 0. The first-order chi connectivity index (χ1) is 11.2. The molecule has 0 radical (unpaired) electrons. The van der Waals surface area contributed by atoms with Gasteiger partial charge in [0.25, 0.3) is 0 Å². The summed E-state index contributed by atoms with van der Waals surface area (Å²) in [5, 5.41) is 5.58. The summed E-state index contributed by atoms with van der Waals surface area (Å²) in [4.78, 5) is 24.6. The Bertz CT molecular complexity index is 664. The Hall–Kier alpha value is -2.36. The summed E-state index contributed by atoms with van der Waals surface area (Å²) in [6, 6.07) is 7.90. The molecule has 2 heterocycles. The van der Waals surface area contributed by atoms with Crippen LogP contribution in [0.4, 0.5) is 0 Å². The molecule has 0 fully saturated rings. The second-order valence-electron chi connectivity index (χ2n) is 7.86. The Kier molecular flexibility index (Phi) is 3.86. The lowest BCUT2D eigenvalue weighted by Crippen LogP contribution is -2.39. The number of hydrogen-bond acceptors (Lipinski definition) is 2. The molecule has 1 aromatic rings. The van der Waals surface area contributed by atoms with Crippen molar-refractivity contribution in [3.8, 4) is 0 Å². The third kappa shape index (κ3) is 2.77. The Morgan fingerprint density at radius 3 is 1.33 bits per heavy atom. The highest BCUT2D eigenvalue weighted by Crippen LogP contribution is 2.42. The lowest BCUT2D eigenvalue weighted by molar-refractivity contribution is -0.125. The molecular weight excluding hydrogens is 300 g/mol. The van der Waals surface area contributed by atoms with Gasteiger partial charge in [-0.3, -0.25) is 9.59 Å². The van der Waals surface area contributed by atoms with Gasteiger partial charge in [0.15, 0.2) is 0 Å². The van der Waals surface area contributed by atoms with Crippen molar-refractivity contribution in [2.45, 2.75) is 39.5 Å². The number of hydrogen-bond donors (Lipinski definition) is 2. The van der Waals surface area contributed by atoms with Crippen molar-refractivity contribution in [2.75, 3.05) is 0 Å². The van der Waals surface area contributed by atoms with Gasteiger partial charge in [-0.15, -0.1) is 0 Å². The number of nitrogens with one attached hydrogen (secondary N) is 2. The van der Waals surface area contributed by atoms with Crippen molar-refractivity contribution in [2.24, 2.45) is 10.8 Å². The molecule has 0 aliphatic carbocycles. The van der Waals surface area contributed by atoms with Crippen molar-refractivity contribution in [1.82, 2.24) is 10.6 Å². The lowest BCUT2D eigenvalue weighted by Gasteiger charge is -2.35. The zero-order valence-electron chi connectivity index (χ0n) is 14.6. The van der Waals surface area contributed by atoms with Gasteiger partial charge in [-0.2, -0.15) is 0 Å². The minimum Gasteiger partial charge on any atom is -0.332 e. The van der Waals surface area contributed by atoms with Crippen LogP contribution in [0, 0.1) is 10.8 Å². The third-order valence-corrected chi connectivity index (χ3v) is 5.09. The van der Waals surface area contributed by atoms with Crippen LogP contribution >= 0.6 is 0 Å². The van der Waals surface area contributed by atoms with Crippen molar-refractivity contribution in [3.63, 3.8) is 0 Å². The van der Waals surface area contributed by atoms with Gasteiger partial charge >= 0.3 is 0 Å². The van der Waals surface area contributed by atoms with E-state index in [4.69, 9.17) is 0 Å². The van der Waals surface area contributed by atoms with Gasteiger partial charge < -0.3 is 10.6 Å². The van der Waals surface area contributed by atoms with Crippen LogP contribution in [0.5, 0.6) is 0 Å². The molecule has 2 atom stereocenters. The smallest absolute Gasteiger partial charge is 0.232 e. The first-order valence-corrected chi connectivity index (χ1v) is 8.28. The summed E-state index contributed by atoms with van der Waals surface area (Å²) in [5.74, 6) is -0.447. The first-order valence-electron chi connectivity index (χ1n) is 8.28. The third-order valence-electron chi connectivity index (χ3n) is 5.09. The summed E-state index contributed by atoms with van der Waals surface area (Å²) in [6.45, 7) is 8.24. The van der Waals surface area contributed by atoms with Crippen LogP contribution < -0.4 is 10.6 Å². The molecule has 0 bridgehead atoms. The molecule has 2 aliphatic rings. The quantitative estimate of drug-likeness (QED) is 0.878. The van der Waals surface area contributed by atoms with Crippen molar-refractivity contribution >= 4 is 11.8 Å². The molecule has 2 N–H and O–H groups in total. The summed E-state index contributed by atoms with van der Waals surface area (Å²) in [6.07, 6.45) is 7.48. The van der Waals surface area contributed by atoms with Crippen LogP contribution in [0.25, 0.3) is 0 Å². The normalized spacial score (nSPS) is 27.5. The highest BCUT2D eigenvalue weighted by atomic mass is 16.2. The monoisotopic (exact) mass is 324 g/mol. The number of rotatable bonds is 2. The first kappa shape index (κ1) is 16.5. The molecule has 2 unspecified atom stereocenters. The van der Waals surface area contributed by atoms with Gasteiger partial charge in [0.05, 0.1) is 11.8 Å². The summed E-state index contributed by atoms with van der Waals surface area (Å²) in [7, 11) is 0. The van der Waals surface area contributed by atoms with Crippen molar-refractivity contribution in [3.05, 3.63) is 59.9 Å². The Morgan fingerprint density at radius 1 is 0.708 bits per heavy atom. The predicted octanol–water partition coefficient (Wildman–Crippen LogP) is 3.19. The maximum absolute atomic E-state index is 12.3.